The van der Waals surface area contributed by atoms with Gasteiger partial charge in [0.15, 0.2) is 0 Å². The van der Waals surface area contributed by atoms with Crippen molar-refractivity contribution >= 4 is 27.3 Å². The quantitative estimate of drug-likeness (QED) is 0.885. The maximum absolute atomic E-state index is 13.9. The molecule has 0 aliphatic rings. The summed E-state index contributed by atoms with van der Waals surface area (Å²) in [5, 5.41) is 7.37. The number of thiophene rings is 1. The lowest BCUT2D eigenvalue weighted by Crippen LogP contribution is -2.22. The van der Waals surface area contributed by atoms with Crippen LogP contribution in [0.4, 0.5) is 4.39 Å². The molecule has 17 heavy (non-hydrogen) atoms. The van der Waals surface area contributed by atoms with E-state index in [-0.39, 0.29) is 11.9 Å². The van der Waals surface area contributed by atoms with E-state index in [0.717, 1.165) is 16.6 Å². The summed E-state index contributed by atoms with van der Waals surface area (Å²) in [7, 11) is 0. The Morgan fingerprint density at radius 2 is 2.24 bits per heavy atom. The Balaban J connectivity index is 2.42. The average Bonchev–Trinajstić information content (AvgIpc) is 2.83. The Bertz CT molecular complexity index is 484. The van der Waals surface area contributed by atoms with E-state index >= 15 is 0 Å². The number of nitrogens with one attached hydrogen (secondary N) is 1. The van der Waals surface area contributed by atoms with Gasteiger partial charge in [-0.05, 0) is 47.1 Å². The first kappa shape index (κ1) is 12.7. The average molecular weight is 314 g/mol. The van der Waals surface area contributed by atoms with E-state index in [9.17, 15) is 4.39 Å². The van der Waals surface area contributed by atoms with Gasteiger partial charge in [-0.25, -0.2) is 4.39 Å². The van der Waals surface area contributed by atoms with Crippen molar-refractivity contribution in [1.82, 2.24) is 5.32 Å². The second-order valence-electron chi connectivity index (χ2n) is 3.71. The van der Waals surface area contributed by atoms with Crippen LogP contribution < -0.4 is 5.32 Å². The molecule has 2 aromatic rings. The number of rotatable bonds is 4. The van der Waals surface area contributed by atoms with Crippen LogP contribution in [0.1, 0.15) is 24.1 Å². The van der Waals surface area contributed by atoms with Gasteiger partial charge in [-0.1, -0.05) is 22.9 Å². The van der Waals surface area contributed by atoms with Crippen molar-refractivity contribution in [1.29, 1.82) is 0 Å². The van der Waals surface area contributed by atoms with Crippen LogP contribution in [0.25, 0.3) is 0 Å². The van der Waals surface area contributed by atoms with E-state index in [4.69, 9.17) is 0 Å². The molecule has 4 heteroatoms. The molecule has 1 N–H and O–H groups in total. The van der Waals surface area contributed by atoms with Crippen LogP contribution in [0.5, 0.6) is 0 Å². The fraction of sp³-hybridized carbons (Fsp3) is 0.231. The van der Waals surface area contributed by atoms with E-state index in [0.29, 0.717) is 5.56 Å². The minimum atomic E-state index is -0.176. The molecular formula is C13H13BrFNS. The predicted octanol–water partition coefficient (Wildman–Crippen LogP) is 4.35. The van der Waals surface area contributed by atoms with Gasteiger partial charge in [0.05, 0.1) is 6.04 Å². The van der Waals surface area contributed by atoms with E-state index in [1.807, 2.05) is 29.8 Å². The first-order valence-electron chi connectivity index (χ1n) is 5.42. The number of hydrogen-bond donors (Lipinski definition) is 1. The fourth-order valence-corrected chi connectivity index (χ4v) is 2.85. The van der Waals surface area contributed by atoms with Crippen molar-refractivity contribution in [3.05, 3.63) is 56.4 Å². The van der Waals surface area contributed by atoms with Crippen LogP contribution >= 0.6 is 27.3 Å². The molecule has 0 saturated heterocycles. The molecule has 0 amide bonds. The number of hydrogen-bond acceptors (Lipinski definition) is 2. The molecule has 1 heterocycles. The first-order chi connectivity index (χ1) is 8.22. The van der Waals surface area contributed by atoms with Crippen LogP contribution in [0.15, 0.2) is 39.5 Å². The molecule has 1 atom stereocenters. The highest BCUT2D eigenvalue weighted by Gasteiger charge is 2.17. The molecule has 1 aromatic heterocycles. The largest absolute Gasteiger partial charge is 0.306 e. The highest BCUT2D eigenvalue weighted by atomic mass is 79.9. The molecule has 1 nitrogen and oxygen atoms in total. The van der Waals surface area contributed by atoms with Crippen LogP contribution in [0.2, 0.25) is 0 Å². The zero-order chi connectivity index (χ0) is 12.3. The molecule has 0 bridgehead atoms. The SMILES string of the molecule is CCNC(c1ccsc1)c1cc(Br)ccc1F. The van der Waals surface area contributed by atoms with Gasteiger partial charge >= 0.3 is 0 Å². The molecule has 0 spiro atoms. The van der Waals surface area contributed by atoms with Crippen LogP contribution in [0, 0.1) is 5.82 Å². The van der Waals surface area contributed by atoms with Gasteiger partial charge in [0, 0.05) is 10.0 Å². The zero-order valence-electron chi connectivity index (χ0n) is 9.41. The fourth-order valence-electron chi connectivity index (χ4n) is 1.79. The normalized spacial score (nSPS) is 12.6. The topological polar surface area (TPSA) is 12.0 Å². The standard InChI is InChI=1S/C13H13BrFNS/c1-2-16-13(9-5-6-17-8-9)11-7-10(14)3-4-12(11)15/h3-8,13,16H,2H2,1H3. The third-order valence-corrected chi connectivity index (χ3v) is 3.75. The lowest BCUT2D eigenvalue weighted by Gasteiger charge is -2.18. The second kappa shape index (κ2) is 5.76. The lowest BCUT2D eigenvalue weighted by molar-refractivity contribution is 0.559. The van der Waals surface area contributed by atoms with Gasteiger partial charge in [0.25, 0.3) is 0 Å². The third-order valence-electron chi connectivity index (χ3n) is 2.55. The molecule has 0 aliphatic carbocycles. The van der Waals surface area contributed by atoms with Crippen molar-refractivity contribution < 1.29 is 4.39 Å². The molecule has 2 rings (SSSR count). The number of halogens is 2. The predicted molar refractivity (Wildman–Crippen MR) is 73.9 cm³/mol. The van der Waals surface area contributed by atoms with Gasteiger partial charge in [-0.2, -0.15) is 11.3 Å². The van der Waals surface area contributed by atoms with Crippen molar-refractivity contribution in [2.24, 2.45) is 0 Å². The molecule has 1 unspecified atom stereocenters. The summed E-state index contributed by atoms with van der Waals surface area (Å²) in [5.41, 5.74) is 1.79. The molecule has 0 saturated carbocycles. The Morgan fingerprint density at radius 1 is 1.41 bits per heavy atom. The maximum atomic E-state index is 13.9. The summed E-state index contributed by atoms with van der Waals surface area (Å²) in [5.74, 6) is -0.176. The van der Waals surface area contributed by atoms with Crippen LogP contribution in [0.3, 0.4) is 0 Å². The van der Waals surface area contributed by atoms with Gasteiger partial charge in [-0.15, -0.1) is 0 Å². The summed E-state index contributed by atoms with van der Waals surface area (Å²) < 4.78 is 14.8. The minimum Gasteiger partial charge on any atom is -0.306 e. The Labute approximate surface area is 113 Å². The second-order valence-corrected chi connectivity index (χ2v) is 5.41. The van der Waals surface area contributed by atoms with Crippen LogP contribution in [-0.2, 0) is 0 Å². The van der Waals surface area contributed by atoms with Crippen molar-refractivity contribution in [3.63, 3.8) is 0 Å². The van der Waals surface area contributed by atoms with E-state index in [1.54, 1.807) is 17.4 Å². The molecule has 0 fully saturated rings. The monoisotopic (exact) mass is 313 g/mol. The smallest absolute Gasteiger partial charge is 0.128 e. The molecule has 1 aromatic carbocycles. The highest BCUT2D eigenvalue weighted by Crippen LogP contribution is 2.28. The highest BCUT2D eigenvalue weighted by molar-refractivity contribution is 9.10. The lowest BCUT2D eigenvalue weighted by atomic mass is 10.0. The van der Waals surface area contributed by atoms with Crippen molar-refractivity contribution in [3.8, 4) is 0 Å². The summed E-state index contributed by atoms with van der Waals surface area (Å²) in [6, 6.07) is 6.99. The van der Waals surface area contributed by atoms with E-state index < -0.39 is 0 Å². The van der Waals surface area contributed by atoms with Crippen molar-refractivity contribution in [2.45, 2.75) is 13.0 Å². The Morgan fingerprint density at radius 3 is 2.88 bits per heavy atom. The Hall–Kier alpha value is -0.710. The third kappa shape index (κ3) is 2.94. The minimum absolute atomic E-state index is 0.0799. The summed E-state index contributed by atoms with van der Waals surface area (Å²) in [6.45, 7) is 2.82. The van der Waals surface area contributed by atoms with Gasteiger partial charge < -0.3 is 5.32 Å². The summed E-state index contributed by atoms with van der Waals surface area (Å²) in [6.07, 6.45) is 0. The molecule has 90 valence electrons. The molecule has 0 radical (unpaired) electrons. The van der Waals surface area contributed by atoms with Gasteiger partial charge in [-0.3, -0.25) is 0 Å². The maximum Gasteiger partial charge on any atom is 0.128 e. The van der Waals surface area contributed by atoms with Gasteiger partial charge in [0.1, 0.15) is 5.82 Å². The van der Waals surface area contributed by atoms with E-state index in [2.05, 4.69) is 21.2 Å². The first-order valence-corrected chi connectivity index (χ1v) is 7.16. The Kier molecular flexibility index (Phi) is 4.31. The number of benzene rings is 1. The summed E-state index contributed by atoms with van der Waals surface area (Å²) >= 11 is 5.01. The van der Waals surface area contributed by atoms with Crippen molar-refractivity contribution in [2.75, 3.05) is 6.54 Å². The van der Waals surface area contributed by atoms with Crippen LogP contribution in [-0.4, -0.2) is 6.54 Å². The molecular weight excluding hydrogens is 301 g/mol. The summed E-state index contributed by atoms with van der Waals surface area (Å²) in [4.78, 5) is 0. The van der Waals surface area contributed by atoms with E-state index in [1.165, 1.54) is 6.07 Å². The van der Waals surface area contributed by atoms with Gasteiger partial charge in [0.2, 0.25) is 0 Å². The zero-order valence-corrected chi connectivity index (χ0v) is 11.8. The molecule has 0 aliphatic heterocycles.